The molecule has 2 aromatic rings. The lowest BCUT2D eigenvalue weighted by Gasteiger charge is -2.19. The molecule has 2 heterocycles. The molecule has 1 aromatic carbocycles. The summed E-state index contributed by atoms with van der Waals surface area (Å²) < 4.78 is 5.31. The number of thiazole rings is 1. The number of fused-ring (bicyclic) bond motifs is 1. The van der Waals surface area contributed by atoms with Crippen molar-refractivity contribution in [2.24, 2.45) is 11.8 Å². The van der Waals surface area contributed by atoms with Gasteiger partial charge in [0.25, 0.3) is 0 Å². The number of hydrogen-bond donors (Lipinski definition) is 0. The number of amides is 3. The number of ether oxygens (including phenoxy) is 1. The summed E-state index contributed by atoms with van der Waals surface area (Å²) >= 11 is 1.29. The van der Waals surface area contributed by atoms with E-state index in [4.69, 9.17) is 4.74 Å². The van der Waals surface area contributed by atoms with Gasteiger partial charge < -0.3 is 4.74 Å². The number of imide groups is 1. The lowest BCUT2D eigenvalue weighted by atomic mass is 9.85. The van der Waals surface area contributed by atoms with Gasteiger partial charge in [0.05, 0.1) is 29.6 Å². The lowest BCUT2D eigenvalue weighted by molar-refractivity contribution is -0.147. The Hall–Kier alpha value is -3.33. The second-order valence-electron chi connectivity index (χ2n) is 8.64. The number of esters is 1. The molecule has 0 spiro atoms. The van der Waals surface area contributed by atoms with Gasteiger partial charge in [-0.1, -0.05) is 18.2 Å². The molecule has 2 aliphatic rings. The molecule has 2 unspecified atom stereocenters. The van der Waals surface area contributed by atoms with Gasteiger partial charge in [0.1, 0.15) is 6.61 Å². The number of aryl methyl sites for hydroxylation is 2. The van der Waals surface area contributed by atoms with Crippen molar-refractivity contribution in [2.45, 2.75) is 46.6 Å². The normalized spacial score (nSPS) is 19.3. The van der Waals surface area contributed by atoms with E-state index in [1.807, 2.05) is 44.2 Å². The Morgan fingerprint density at radius 2 is 1.79 bits per heavy atom. The zero-order chi connectivity index (χ0) is 24.4. The predicted octanol–water partition coefficient (Wildman–Crippen LogP) is 3.83. The predicted molar refractivity (Wildman–Crippen MR) is 127 cm³/mol. The van der Waals surface area contributed by atoms with Crippen LogP contribution in [-0.4, -0.2) is 40.1 Å². The minimum absolute atomic E-state index is 0.0245. The average Bonchev–Trinajstić information content (AvgIpc) is 3.36. The van der Waals surface area contributed by atoms with Gasteiger partial charge in [-0.05, 0) is 49.9 Å². The summed E-state index contributed by atoms with van der Waals surface area (Å²) in [6.45, 7) is 5.44. The van der Waals surface area contributed by atoms with E-state index in [-0.39, 0.29) is 49.1 Å². The quantitative estimate of drug-likeness (QED) is 0.339. The monoisotopic (exact) mass is 481 g/mol. The highest BCUT2D eigenvalue weighted by Crippen LogP contribution is 2.35. The Kier molecular flexibility index (Phi) is 6.92. The van der Waals surface area contributed by atoms with E-state index in [1.165, 1.54) is 28.1 Å². The molecule has 3 amide bonds. The van der Waals surface area contributed by atoms with Crippen LogP contribution in [0.1, 0.15) is 43.0 Å². The second kappa shape index (κ2) is 9.89. The topological polar surface area (TPSA) is 96.9 Å². The van der Waals surface area contributed by atoms with Gasteiger partial charge in [0.15, 0.2) is 5.13 Å². The number of nitrogens with zero attached hydrogens (tertiary/aromatic N) is 3. The SMILES string of the molecule is CC(=O)N(c1ccc(C)c(C)c1)c1nc(COC(=O)CCN2C(=O)C3CC=CCC3C2=O)cs1. The second-order valence-corrected chi connectivity index (χ2v) is 9.48. The molecule has 8 nitrogen and oxygen atoms in total. The van der Waals surface area contributed by atoms with Crippen LogP contribution in [-0.2, 0) is 30.5 Å². The smallest absolute Gasteiger partial charge is 0.307 e. The third-order valence-corrected chi connectivity index (χ3v) is 7.19. The number of rotatable bonds is 7. The fourth-order valence-electron chi connectivity index (χ4n) is 4.28. The van der Waals surface area contributed by atoms with Gasteiger partial charge in [0, 0.05) is 18.8 Å². The summed E-state index contributed by atoms with van der Waals surface area (Å²) in [4.78, 5) is 56.8. The van der Waals surface area contributed by atoms with Gasteiger partial charge >= 0.3 is 5.97 Å². The van der Waals surface area contributed by atoms with Crippen LogP contribution in [0.15, 0.2) is 35.7 Å². The summed E-state index contributed by atoms with van der Waals surface area (Å²) in [5.74, 6) is -1.69. The molecule has 9 heteroatoms. The van der Waals surface area contributed by atoms with Gasteiger partial charge in [0.2, 0.25) is 17.7 Å². The van der Waals surface area contributed by atoms with Gasteiger partial charge in [-0.25, -0.2) is 4.98 Å². The summed E-state index contributed by atoms with van der Waals surface area (Å²) in [5, 5.41) is 2.23. The Bertz CT molecular complexity index is 1150. The standard InChI is InChI=1S/C25H27N3O5S/c1-15-8-9-19(12-16(15)2)28(17(3)29)25-26-18(14-34-25)13-33-22(30)10-11-27-23(31)20-6-4-5-7-21(20)24(27)32/h4-5,8-9,12,14,20-21H,6-7,10-11,13H2,1-3H3. The van der Waals surface area contributed by atoms with E-state index in [1.54, 1.807) is 5.38 Å². The van der Waals surface area contributed by atoms with E-state index in [0.717, 1.165) is 16.8 Å². The van der Waals surface area contributed by atoms with E-state index < -0.39 is 5.97 Å². The van der Waals surface area contributed by atoms with Gasteiger partial charge in [-0.3, -0.25) is 29.0 Å². The molecule has 1 aliphatic heterocycles. The number of hydrogen-bond acceptors (Lipinski definition) is 7. The van der Waals surface area contributed by atoms with E-state index in [0.29, 0.717) is 23.7 Å². The van der Waals surface area contributed by atoms with Crippen LogP contribution in [0.3, 0.4) is 0 Å². The molecule has 0 N–H and O–H groups in total. The van der Waals surface area contributed by atoms with Crippen LogP contribution in [0.5, 0.6) is 0 Å². The van der Waals surface area contributed by atoms with Crippen LogP contribution in [0.4, 0.5) is 10.8 Å². The van der Waals surface area contributed by atoms with Crippen molar-refractivity contribution in [1.29, 1.82) is 0 Å². The molecule has 1 aromatic heterocycles. The molecule has 1 fully saturated rings. The van der Waals surface area contributed by atoms with Crippen molar-refractivity contribution < 1.29 is 23.9 Å². The molecule has 178 valence electrons. The Balaban J connectivity index is 1.33. The van der Waals surface area contributed by atoms with Crippen molar-refractivity contribution >= 4 is 45.8 Å². The summed E-state index contributed by atoms with van der Waals surface area (Å²) in [6.07, 6.45) is 4.94. The largest absolute Gasteiger partial charge is 0.459 e. The molecule has 1 aliphatic carbocycles. The maximum atomic E-state index is 12.5. The number of carbonyl (C=O) groups excluding carboxylic acids is 4. The molecule has 0 radical (unpaired) electrons. The highest BCUT2D eigenvalue weighted by Gasteiger charge is 2.46. The van der Waals surface area contributed by atoms with E-state index in [9.17, 15) is 19.2 Å². The number of anilines is 2. The van der Waals surface area contributed by atoms with Gasteiger partial charge in [-0.2, -0.15) is 0 Å². The summed E-state index contributed by atoms with van der Waals surface area (Å²) in [5.41, 5.74) is 3.45. The van der Waals surface area contributed by atoms with Gasteiger partial charge in [-0.15, -0.1) is 11.3 Å². The third kappa shape index (κ3) is 4.79. The zero-order valence-electron chi connectivity index (χ0n) is 19.4. The average molecular weight is 482 g/mol. The molecule has 1 saturated heterocycles. The lowest BCUT2D eigenvalue weighted by Crippen LogP contribution is -2.33. The minimum Gasteiger partial charge on any atom is -0.459 e. The van der Waals surface area contributed by atoms with Crippen LogP contribution in [0.25, 0.3) is 0 Å². The first kappa shape index (κ1) is 23.8. The molecule has 0 bridgehead atoms. The number of likely N-dealkylation sites (tertiary alicyclic amines) is 1. The Morgan fingerprint density at radius 3 is 2.41 bits per heavy atom. The fraction of sp³-hybridized carbons (Fsp3) is 0.400. The first-order chi connectivity index (χ1) is 16.3. The molecule has 34 heavy (non-hydrogen) atoms. The van der Waals surface area contributed by atoms with Crippen LogP contribution in [0.2, 0.25) is 0 Å². The Labute approximate surface area is 202 Å². The molecule has 2 atom stereocenters. The van der Waals surface area contributed by atoms with E-state index in [2.05, 4.69) is 4.98 Å². The molecular formula is C25H27N3O5S. The van der Waals surface area contributed by atoms with Crippen molar-refractivity contribution in [3.63, 3.8) is 0 Å². The van der Waals surface area contributed by atoms with Crippen LogP contribution in [0, 0.1) is 25.7 Å². The highest BCUT2D eigenvalue weighted by atomic mass is 32.1. The van der Waals surface area contributed by atoms with Crippen molar-refractivity contribution in [3.05, 3.63) is 52.6 Å². The fourth-order valence-corrected chi connectivity index (χ4v) is 5.15. The first-order valence-corrected chi connectivity index (χ1v) is 12.1. The van der Waals surface area contributed by atoms with Crippen molar-refractivity contribution in [1.82, 2.24) is 9.88 Å². The minimum atomic E-state index is -0.513. The number of carbonyl (C=O) groups is 4. The highest BCUT2D eigenvalue weighted by molar-refractivity contribution is 7.14. The zero-order valence-corrected chi connectivity index (χ0v) is 20.3. The Morgan fingerprint density at radius 1 is 1.12 bits per heavy atom. The maximum Gasteiger partial charge on any atom is 0.307 e. The molecule has 4 rings (SSSR count). The number of benzene rings is 1. The number of aromatic nitrogens is 1. The van der Waals surface area contributed by atoms with Crippen molar-refractivity contribution in [2.75, 3.05) is 11.4 Å². The summed E-state index contributed by atoms with van der Waals surface area (Å²) in [7, 11) is 0. The third-order valence-electron chi connectivity index (χ3n) is 6.31. The number of allylic oxidation sites excluding steroid dienone is 2. The van der Waals surface area contributed by atoms with E-state index >= 15 is 0 Å². The molecule has 0 saturated carbocycles. The summed E-state index contributed by atoms with van der Waals surface area (Å²) in [6, 6.07) is 5.77. The van der Waals surface area contributed by atoms with Crippen LogP contribution >= 0.6 is 11.3 Å². The van der Waals surface area contributed by atoms with Crippen molar-refractivity contribution in [3.8, 4) is 0 Å². The first-order valence-electron chi connectivity index (χ1n) is 11.2. The maximum absolute atomic E-state index is 12.5. The molecular weight excluding hydrogens is 454 g/mol. The van der Waals surface area contributed by atoms with Crippen LogP contribution < -0.4 is 4.90 Å².